The maximum Gasteiger partial charge on any atom is 0.322 e. The summed E-state index contributed by atoms with van der Waals surface area (Å²) >= 11 is 0. The number of sulfonamides is 1. The average molecular weight is 310 g/mol. The fraction of sp³-hybridized carbons (Fsp3) is 0.250. The van der Waals surface area contributed by atoms with Gasteiger partial charge in [-0.25, -0.2) is 12.7 Å². The van der Waals surface area contributed by atoms with Crippen LogP contribution in [0.1, 0.15) is 6.92 Å². The monoisotopic (exact) mass is 310 g/mol. The zero-order valence-corrected chi connectivity index (χ0v) is 12.5. The first-order chi connectivity index (χ1) is 9.80. The molecule has 2 rings (SSSR count). The SMILES string of the molecule is CC(=O)Nc1nnc(-c2ccc(S(=O)(=O)N(C)C)cc2)o1. The molecule has 2 aromatic rings. The van der Waals surface area contributed by atoms with E-state index in [1.165, 1.54) is 33.2 Å². The molecule has 0 aliphatic carbocycles. The molecule has 0 saturated carbocycles. The number of rotatable bonds is 4. The Hall–Kier alpha value is -2.26. The third-order valence-corrected chi connectivity index (χ3v) is 4.42. The quantitative estimate of drug-likeness (QED) is 0.901. The highest BCUT2D eigenvalue weighted by molar-refractivity contribution is 7.89. The molecule has 1 N–H and O–H groups in total. The zero-order chi connectivity index (χ0) is 15.6. The molecule has 21 heavy (non-hydrogen) atoms. The Kier molecular flexibility index (Phi) is 4.05. The van der Waals surface area contributed by atoms with Gasteiger partial charge in [0.25, 0.3) is 0 Å². The topological polar surface area (TPSA) is 105 Å². The molecule has 0 saturated heterocycles. The van der Waals surface area contributed by atoms with Crippen molar-refractivity contribution in [2.24, 2.45) is 0 Å². The van der Waals surface area contributed by atoms with Crippen molar-refractivity contribution in [1.29, 1.82) is 0 Å². The maximum atomic E-state index is 11.9. The third kappa shape index (κ3) is 3.26. The molecule has 9 heteroatoms. The minimum atomic E-state index is -3.48. The van der Waals surface area contributed by atoms with Crippen molar-refractivity contribution < 1.29 is 17.6 Å². The second-order valence-corrected chi connectivity index (χ2v) is 6.56. The van der Waals surface area contributed by atoms with E-state index in [-0.39, 0.29) is 22.7 Å². The Labute approximate surface area is 121 Å². The minimum absolute atomic E-state index is 0.0116. The molecule has 0 bridgehead atoms. The van der Waals surface area contributed by atoms with Crippen LogP contribution in [0.4, 0.5) is 6.01 Å². The average Bonchev–Trinajstić information content (AvgIpc) is 2.86. The number of amides is 1. The van der Waals surface area contributed by atoms with Crippen molar-refractivity contribution >= 4 is 21.9 Å². The maximum absolute atomic E-state index is 11.9. The van der Waals surface area contributed by atoms with Gasteiger partial charge < -0.3 is 4.42 Å². The lowest BCUT2D eigenvalue weighted by Gasteiger charge is -2.11. The number of carbonyl (C=O) groups is 1. The summed E-state index contributed by atoms with van der Waals surface area (Å²) < 4.78 is 30.2. The fourth-order valence-electron chi connectivity index (χ4n) is 1.52. The van der Waals surface area contributed by atoms with Crippen LogP contribution >= 0.6 is 0 Å². The molecule has 112 valence electrons. The lowest BCUT2D eigenvalue weighted by atomic mass is 10.2. The summed E-state index contributed by atoms with van der Waals surface area (Å²) in [7, 11) is -0.558. The third-order valence-electron chi connectivity index (χ3n) is 2.59. The second-order valence-electron chi connectivity index (χ2n) is 4.41. The molecular weight excluding hydrogens is 296 g/mol. The van der Waals surface area contributed by atoms with E-state index in [0.29, 0.717) is 5.56 Å². The molecule has 0 aliphatic rings. The van der Waals surface area contributed by atoms with Crippen LogP contribution in [-0.2, 0) is 14.8 Å². The van der Waals surface area contributed by atoms with Crippen LogP contribution in [0, 0.1) is 0 Å². The molecule has 1 heterocycles. The number of hydrogen-bond donors (Lipinski definition) is 1. The normalized spacial score (nSPS) is 11.6. The molecule has 0 aliphatic heterocycles. The highest BCUT2D eigenvalue weighted by atomic mass is 32.2. The molecule has 0 unspecified atom stereocenters. The summed E-state index contributed by atoms with van der Waals surface area (Å²) in [6, 6.07) is 6.01. The number of nitrogens with zero attached hydrogens (tertiary/aromatic N) is 3. The smallest absolute Gasteiger partial charge is 0.322 e. The van der Waals surface area contributed by atoms with E-state index in [2.05, 4.69) is 15.5 Å². The first-order valence-corrected chi connectivity index (χ1v) is 7.39. The highest BCUT2D eigenvalue weighted by Gasteiger charge is 2.17. The molecule has 1 aromatic carbocycles. The number of aromatic nitrogens is 2. The predicted octanol–water partition coefficient (Wildman–Crippen LogP) is 0.945. The van der Waals surface area contributed by atoms with Crippen LogP contribution in [-0.4, -0.2) is 42.9 Å². The first kappa shape index (κ1) is 15.1. The molecule has 1 amide bonds. The Morgan fingerprint density at radius 2 is 1.81 bits per heavy atom. The highest BCUT2D eigenvalue weighted by Crippen LogP contribution is 2.22. The van der Waals surface area contributed by atoms with E-state index in [9.17, 15) is 13.2 Å². The van der Waals surface area contributed by atoms with Crippen molar-refractivity contribution in [3.63, 3.8) is 0 Å². The largest absolute Gasteiger partial charge is 0.403 e. The van der Waals surface area contributed by atoms with Gasteiger partial charge in [0.1, 0.15) is 0 Å². The fourth-order valence-corrected chi connectivity index (χ4v) is 2.42. The van der Waals surface area contributed by atoms with Gasteiger partial charge >= 0.3 is 6.01 Å². The summed E-state index contributed by atoms with van der Waals surface area (Å²) in [6.45, 7) is 1.32. The van der Waals surface area contributed by atoms with Crippen molar-refractivity contribution in [2.75, 3.05) is 19.4 Å². The van der Waals surface area contributed by atoms with Crippen LogP contribution < -0.4 is 5.32 Å². The van der Waals surface area contributed by atoms with Crippen LogP contribution in [0.25, 0.3) is 11.5 Å². The Balaban J connectivity index is 2.27. The molecule has 8 nitrogen and oxygen atoms in total. The minimum Gasteiger partial charge on any atom is -0.403 e. The van der Waals surface area contributed by atoms with Gasteiger partial charge in [-0.2, -0.15) is 0 Å². The van der Waals surface area contributed by atoms with Gasteiger partial charge in [-0.1, -0.05) is 5.10 Å². The van der Waals surface area contributed by atoms with Crippen LogP contribution in [0.2, 0.25) is 0 Å². The summed E-state index contributed by atoms with van der Waals surface area (Å²) in [5.41, 5.74) is 0.553. The summed E-state index contributed by atoms with van der Waals surface area (Å²) in [5.74, 6) is -0.134. The van der Waals surface area contributed by atoms with E-state index < -0.39 is 10.0 Å². The zero-order valence-electron chi connectivity index (χ0n) is 11.7. The standard InChI is InChI=1S/C12H14N4O4S/c1-8(17)13-12-15-14-11(20-12)9-4-6-10(7-5-9)21(18,19)16(2)3/h4-7H,1-3H3,(H,13,15,17). The van der Waals surface area contributed by atoms with Crippen LogP contribution in [0.3, 0.4) is 0 Å². The van der Waals surface area contributed by atoms with Gasteiger partial charge in [0.2, 0.25) is 21.8 Å². The lowest BCUT2D eigenvalue weighted by Crippen LogP contribution is -2.22. The van der Waals surface area contributed by atoms with Gasteiger partial charge in [0.05, 0.1) is 4.90 Å². The van der Waals surface area contributed by atoms with E-state index in [1.807, 2.05) is 0 Å². The van der Waals surface area contributed by atoms with Gasteiger partial charge in [-0.15, -0.1) is 5.10 Å². The summed E-state index contributed by atoms with van der Waals surface area (Å²) in [5, 5.41) is 9.80. The van der Waals surface area contributed by atoms with Gasteiger partial charge in [0, 0.05) is 26.6 Å². The van der Waals surface area contributed by atoms with E-state index in [1.54, 1.807) is 12.1 Å². The first-order valence-electron chi connectivity index (χ1n) is 5.95. The van der Waals surface area contributed by atoms with Crippen molar-refractivity contribution in [3.05, 3.63) is 24.3 Å². The molecule has 0 fully saturated rings. The summed E-state index contributed by atoms with van der Waals surface area (Å²) in [4.78, 5) is 11.0. The van der Waals surface area contributed by atoms with E-state index in [0.717, 1.165) is 4.31 Å². The molecule has 1 aromatic heterocycles. The van der Waals surface area contributed by atoms with Crippen molar-refractivity contribution in [2.45, 2.75) is 11.8 Å². The van der Waals surface area contributed by atoms with Gasteiger partial charge in [-0.05, 0) is 24.3 Å². The predicted molar refractivity (Wildman–Crippen MR) is 74.9 cm³/mol. The van der Waals surface area contributed by atoms with Gasteiger partial charge in [0.15, 0.2) is 0 Å². The Morgan fingerprint density at radius 3 is 2.33 bits per heavy atom. The lowest BCUT2D eigenvalue weighted by molar-refractivity contribution is -0.114. The van der Waals surface area contributed by atoms with Crippen LogP contribution in [0.15, 0.2) is 33.6 Å². The van der Waals surface area contributed by atoms with Gasteiger partial charge in [-0.3, -0.25) is 10.1 Å². The number of nitrogens with one attached hydrogen (secondary N) is 1. The second kappa shape index (κ2) is 5.62. The number of hydrogen-bond acceptors (Lipinski definition) is 6. The van der Waals surface area contributed by atoms with Crippen LogP contribution in [0.5, 0.6) is 0 Å². The molecule has 0 spiro atoms. The van der Waals surface area contributed by atoms with E-state index in [4.69, 9.17) is 4.42 Å². The molecule has 0 radical (unpaired) electrons. The molecular formula is C12H14N4O4S. The molecule has 0 atom stereocenters. The Bertz CT molecular complexity index is 750. The number of carbonyl (C=O) groups excluding carboxylic acids is 1. The van der Waals surface area contributed by atoms with Crippen molar-refractivity contribution in [3.8, 4) is 11.5 Å². The number of benzene rings is 1. The Morgan fingerprint density at radius 1 is 1.19 bits per heavy atom. The van der Waals surface area contributed by atoms with Crippen molar-refractivity contribution in [1.82, 2.24) is 14.5 Å². The van der Waals surface area contributed by atoms with E-state index >= 15 is 0 Å². The summed E-state index contributed by atoms with van der Waals surface area (Å²) in [6.07, 6.45) is 0. The number of anilines is 1.